The maximum absolute atomic E-state index is 12.3. The Morgan fingerprint density at radius 2 is 1.82 bits per heavy atom. The lowest BCUT2D eigenvalue weighted by atomic mass is 9.96. The quantitative estimate of drug-likeness (QED) is 0.747. The lowest BCUT2D eigenvalue weighted by Gasteiger charge is -2.09. The van der Waals surface area contributed by atoms with Gasteiger partial charge in [0, 0.05) is 10.9 Å². The molecule has 0 spiro atoms. The molecular formula is C20H20N2O5S. The number of thiophene rings is 1. The second-order valence-electron chi connectivity index (χ2n) is 6.25. The molecule has 146 valence electrons. The van der Waals surface area contributed by atoms with Crippen LogP contribution in [0.4, 0.5) is 5.00 Å². The molecule has 1 aliphatic rings. The van der Waals surface area contributed by atoms with Gasteiger partial charge in [-0.1, -0.05) is 0 Å². The Labute approximate surface area is 166 Å². The zero-order valence-corrected chi connectivity index (χ0v) is 16.5. The number of rotatable bonds is 6. The topological polar surface area (TPSA) is 97.7 Å². The maximum atomic E-state index is 12.3. The largest absolute Gasteiger partial charge is 0.497 e. The first-order chi connectivity index (χ1) is 13.5. The molecule has 1 N–H and O–H groups in total. The number of aryl methyl sites for hydroxylation is 1. The minimum Gasteiger partial charge on any atom is -0.497 e. The molecule has 0 saturated heterocycles. The number of benzene rings is 1. The number of nitrogens with one attached hydrogen (secondary N) is 1. The van der Waals surface area contributed by atoms with Crippen molar-refractivity contribution < 1.29 is 23.8 Å². The molecule has 1 amide bonds. The smallest absolute Gasteiger partial charge is 0.338 e. The van der Waals surface area contributed by atoms with Gasteiger partial charge >= 0.3 is 5.97 Å². The van der Waals surface area contributed by atoms with Gasteiger partial charge in [0.25, 0.3) is 5.91 Å². The summed E-state index contributed by atoms with van der Waals surface area (Å²) in [7, 11) is 2.95. The number of nitrogens with zero attached hydrogens (tertiary/aromatic N) is 1. The van der Waals surface area contributed by atoms with Crippen molar-refractivity contribution >= 4 is 28.2 Å². The normalized spacial score (nSPS) is 12.5. The highest BCUT2D eigenvalue weighted by atomic mass is 32.1. The molecule has 2 aromatic rings. The molecule has 0 aliphatic heterocycles. The van der Waals surface area contributed by atoms with Gasteiger partial charge in [0.2, 0.25) is 0 Å². The van der Waals surface area contributed by atoms with Crippen LogP contribution in [0.3, 0.4) is 0 Å². The monoisotopic (exact) mass is 400 g/mol. The van der Waals surface area contributed by atoms with Gasteiger partial charge in [-0.05, 0) is 43.4 Å². The Hall–Kier alpha value is -3.05. The van der Waals surface area contributed by atoms with Crippen molar-refractivity contribution in [1.29, 1.82) is 5.26 Å². The fraction of sp³-hybridized carbons (Fsp3) is 0.350. The zero-order valence-electron chi connectivity index (χ0n) is 15.7. The number of ether oxygens (including phenoxy) is 3. The Kier molecular flexibility index (Phi) is 6.16. The number of nitriles is 1. The average Bonchev–Trinajstić information content (AvgIpc) is 3.08. The second kappa shape index (κ2) is 8.76. The van der Waals surface area contributed by atoms with Crippen molar-refractivity contribution in [2.75, 3.05) is 26.1 Å². The second-order valence-corrected chi connectivity index (χ2v) is 7.36. The van der Waals surface area contributed by atoms with Gasteiger partial charge in [0.15, 0.2) is 6.61 Å². The van der Waals surface area contributed by atoms with Gasteiger partial charge in [-0.2, -0.15) is 5.26 Å². The van der Waals surface area contributed by atoms with E-state index in [0.29, 0.717) is 22.1 Å². The number of fused-ring (bicyclic) bond motifs is 1. The molecule has 0 unspecified atom stereocenters. The molecule has 28 heavy (non-hydrogen) atoms. The van der Waals surface area contributed by atoms with Crippen molar-refractivity contribution in [2.45, 2.75) is 25.7 Å². The summed E-state index contributed by atoms with van der Waals surface area (Å²) in [5.74, 6) is -0.270. The van der Waals surface area contributed by atoms with Crippen LogP contribution in [0.5, 0.6) is 11.5 Å². The predicted octanol–water partition coefficient (Wildman–Crippen LogP) is 3.31. The third-order valence-electron chi connectivity index (χ3n) is 4.46. The molecule has 8 heteroatoms. The van der Waals surface area contributed by atoms with Crippen molar-refractivity contribution in [2.24, 2.45) is 0 Å². The maximum Gasteiger partial charge on any atom is 0.338 e. The van der Waals surface area contributed by atoms with Gasteiger partial charge in [0.1, 0.15) is 22.6 Å². The van der Waals surface area contributed by atoms with Crippen LogP contribution in [0.1, 0.15) is 39.2 Å². The van der Waals surface area contributed by atoms with Crippen LogP contribution in [-0.2, 0) is 22.4 Å². The van der Waals surface area contributed by atoms with E-state index in [1.807, 2.05) is 0 Å². The Bertz CT molecular complexity index is 923. The Balaban J connectivity index is 1.64. The molecule has 3 rings (SSSR count). The predicted molar refractivity (Wildman–Crippen MR) is 104 cm³/mol. The van der Waals surface area contributed by atoms with Crippen LogP contribution in [-0.4, -0.2) is 32.7 Å². The van der Waals surface area contributed by atoms with E-state index >= 15 is 0 Å². The number of hydrogen-bond acceptors (Lipinski definition) is 7. The number of carbonyl (C=O) groups is 2. The van der Waals surface area contributed by atoms with Crippen molar-refractivity contribution in [3.63, 3.8) is 0 Å². The lowest BCUT2D eigenvalue weighted by molar-refractivity contribution is -0.119. The average molecular weight is 400 g/mol. The van der Waals surface area contributed by atoms with Gasteiger partial charge < -0.3 is 19.5 Å². The van der Waals surface area contributed by atoms with Crippen LogP contribution in [0, 0.1) is 11.3 Å². The molecule has 0 atom stereocenters. The van der Waals surface area contributed by atoms with Crippen molar-refractivity contribution in [3.8, 4) is 17.6 Å². The minimum absolute atomic E-state index is 0.216. The SMILES string of the molecule is COc1cc(OC)cc(C(=O)OCC(=O)Nc2sc3c(c2C#N)CCCC3)c1. The summed E-state index contributed by atoms with van der Waals surface area (Å²) < 4.78 is 15.3. The molecule has 1 aromatic heterocycles. The number of carbonyl (C=O) groups excluding carboxylic acids is 2. The number of anilines is 1. The first kappa shape index (κ1) is 19.7. The fourth-order valence-electron chi connectivity index (χ4n) is 3.07. The number of methoxy groups -OCH3 is 2. The molecular weight excluding hydrogens is 380 g/mol. The molecule has 0 fully saturated rings. The van der Waals surface area contributed by atoms with E-state index < -0.39 is 18.5 Å². The van der Waals surface area contributed by atoms with Crippen molar-refractivity contribution in [1.82, 2.24) is 0 Å². The van der Waals surface area contributed by atoms with Crippen molar-refractivity contribution in [3.05, 3.63) is 39.8 Å². The highest BCUT2D eigenvalue weighted by Gasteiger charge is 2.22. The van der Waals surface area contributed by atoms with Gasteiger partial charge in [0.05, 0.1) is 25.3 Å². The Morgan fingerprint density at radius 3 is 2.46 bits per heavy atom. The summed E-state index contributed by atoms with van der Waals surface area (Å²) in [6.45, 7) is -0.453. The molecule has 0 bridgehead atoms. The van der Waals surface area contributed by atoms with E-state index in [2.05, 4.69) is 11.4 Å². The summed E-state index contributed by atoms with van der Waals surface area (Å²) in [6, 6.07) is 6.82. The zero-order chi connectivity index (χ0) is 20.1. The summed E-state index contributed by atoms with van der Waals surface area (Å²) in [6.07, 6.45) is 3.93. The number of hydrogen-bond donors (Lipinski definition) is 1. The molecule has 7 nitrogen and oxygen atoms in total. The highest BCUT2D eigenvalue weighted by Crippen LogP contribution is 2.37. The van der Waals surface area contributed by atoms with Gasteiger partial charge in [-0.25, -0.2) is 4.79 Å². The number of amides is 1. The Morgan fingerprint density at radius 1 is 1.14 bits per heavy atom. The van der Waals surface area contributed by atoms with E-state index in [-0.39, 0.29) is 5.56 Å². The molecule has 0 saturated carbocycles. The van der Waals surface area contributed by atoms with E-state index in [1.165, 1.54) is 37.7 Å². The minimum atomic E-state index is -0.668. The first-order valence-corrected chi connectivity index (χ1v) is 9.62. The molecule has 0 radical (unpaired) electrons. The first-order valence-electron chi connectivity index (χ1n) is 8.80. The van der Waals surface area contributed by atoms with E-state index in [9.17, 15) is 14.9 Å². The van der Waals surface area contributed by atoms with E-state index in [1.54, 1.807) is 6.07 Å². The van der Waals surface area contributed by atoms with Crippen LogP contribution in [0.15, 0.2) is 18.2 Å². The van der Waals surface area contributed by atoms with Crippen LogP contribution in [0.2, 0.25) is 0 Å². The highest BCUT2D eigenvalue weighted by molar-refractivity contribution is 7.16. The van der Waals surface area contributed by atoms with E-state index in [0.717, 1.165) is 36.1 Å². The molecule has 1 aliphatic carbocycles. The van der Waals surface area contributed by atoms with E-state index in [4.69, 9.17) is 14.2 Å². The number of esters is 1. The van der Waals surface area contributed by atoms with Crippen LogP contribution < -0.4 is 14.8 Å². The molecule has 1 aromatic carbocycles. The standard InChI is InChI=1S/C20H20N2O5S/c1-25-13-7-12(8-14(9-13)26-2)20(24)27-11-18(23)22-19-16(10-21)15-5-3-4-6-17(15)28-19/h7-9H,3-6,11H2,1-2H3,(H,22,23). The van der Waals surface area contributed by atoms with Gasteiger partial charge in [-0.3, -0.25) is 4.79 Å². The lowest BCUT2D eigenvalue weighted by Crippen LogP contribution is -2.21. The van der Waals surface area contributed by atoms with Crippen LogP contribution in [0.25, 0.3) is 0 Å². The van der Waals surface area contributed by atoms with Gasteiger partial charge in [-0.15, -0.1) is 11.3 Å². The third kappa shape index (κ3) is 4.26. The van der Waals surface area contributed by atoms with Crippen LogP contribution >= 0.6 is 11.3 Å². The molecule has 1 heterocycles. The summed E-state index contributed by atoms with van der Waals surface area (Å²) >= 11 is 1.43. The fourth-order valence-corrected chi connectivity index (χ4v) is 4.33. The third-order valence-corrected chi connectivity index (χ3v) is 5.66. The summed E-state index contributed by atoms with van der Waals surface area (Å²) in [4.78, 5) is 25.6. The summed E-state index contributed by atoms with van der Waals surface area (Å²) in [5.41, 5.74) is 1.78. The summed E-state index contributed by atoms with van der Waals surface area (Å²) in [5, 5.41) is 12.7.